The maximum Gasteiger partial charge on any atom is 0.220 e. The average molecular weight is 357 g/mol. The summed E-state index contributed by atoms with van der Waals surface area (Å²) in [5.74, 6) is 2.31. The van der Waals surface area contributed by atoms with E-state index < -0.39 is 0 Å². The summed E-state index contributed by atoms with van der Waals surface area (Å²) in [7, 11) is 1.70. The van der Waals surface area contributed by atoms with E-state index in [0.717, 1.165) is 49.9 Å². The molecule has 3 rings (SSSR count). The quantitative estimate of drug-likeness (QED) is 0.617. The first-order valence-electron chi connectivity index (χ1n) is 9.23. The molecule has 1 aliphatic heterocycles. The highest BCUT2D eigenvalue weighted by Gasteiger charge is 2.23. The number of nitrogens with zero attached hydrogens (tertiary/aromatic N) is 5. The van der Waals surface area contributed by atoms with Crippen molar-refractivity contribution in [1.29, 1.82) is 0 Å². The molecule has 1 aliphatic rings. The van der Waals surface area contributed by atoms with Gasteiger partial charge in [-0.25, -0.2) is 4.99 Å². The van der Waals surface area contributed by atoms with Crippen LogP contribution in [-0.2, 0) is 11.3 Å². The van der Waals surface area contributed by atoms with Gasteiger partial charge in [-0.1, -0.05) is 6.07 Å². The molecule has 140 valence electrons. The van der Waals surface area contributed by atoms with E-state index in [1.54, 1.807) is 7.05 Å². The standard InChI is InChI=1S/C18H27N7O/c1-3-20-18(24-10-7-14(8-11-24)12-17(26)19-2)21-13-16-23-22-15-6-4-5-9-25(15)16/h4-6,9,14H,3,7-8,10-13H2,1-2H3,(H,19,26)(H,20,21). The Balaban J connectivity index is 1.64. The van der Waals surface area contributed by atoms with E-state index in [1.165, 1.54) is 0 Å². The molecule has 8 nitrogen and oxygen atoms in total. The van der Waals surface area contributed by atoms with Crippen LogP contribution in [0.2, 0.25) is 0 Å². The van der Waals surface area contributed by atoms with Gasteiger partial charge < -0.3 is 15.5 Å². The third-order valence-corrected chi connectivity index (χ3v) is 4.76. The molecular weight excluding hydrogens is 330 g/mol. The van der Waals surface area contributed by atoms with E-state index in [4.69, 9.17) is 4.99 Å². The first-order valence-corrected chi connectivity index (χ1v) is 9.23. The summed E-state index contributed by atoms with van der Waals surface area (Å²) in [6.45, 7) is 5.19. The van der Waals surface area contributed by atoms with Crippen LogP contribution >= 0.6 is 0 Å². The van der Waals surface area contributed by atoms with Gasteiger partial charge in [-0.15, -0.1) is 10.2 Å². The monoisotopic (exact) mass is 357 g/mol. The molecule has 0 saturated carbocycles. The average Bonchev–Trinajstić information content (AvgIpc) is 3.09. The number of rotatable bonds is 5. The number of pyridine rings is 1. The number of fused-ring (bicyclic) bond motifs is 1. The molecule has 0 unspecified atom stereocenters. The third-order valence-electron chi connectivity index (χ3n) is 4.76. The molecule has 0 radical (unpaired) electrons. The molecule has 1 amide bonds. The van der Waals surface area contributed by atoms with E-state index in [1.807, 2.05) is 28.8 Å². The van der Waals surface area contributed by atoms with Crippen molar-refractivity contribution in [2.24, 2.45) is 10.9 Å². The van der Waals surface area contributed by atoms with Crippen LogP contribution in [0.3, 0.4) is 0 Å². The normalized spacial score (nSPS) is 16.1. The fourth-order valence-electron chi connectivity index (χ4n) is 3.28. The summed E-state index contributed by atoms with van der Waals surface area (Å²) in [5.41, 5.74) is 0.831. The van der Waals surface area contributed by atoms with Crippen LogP contribution in [0.4, 0.5) is 0 Å². The largest absolute Gasteiger partial charge is 0.359 e. The maximum atomic E-state index is 11.6. The minimum Gasteiger partial charge on any atom is -0.359 e. The van der Waals surface area contributed by atoms with Crippen molar-refractivity contribution in [3.05, 3.63) is 30.2 Å². The highest BCUT2D eigenvalue weighted by Crippen LogP contribution is 2.20. The SMILES string of the molecule is CCNC(=NCc1nnc2ccccn12)N1CCC(CC(=O)NC)CC1. The Morgan fingerprint density at radius 2 is 2.12 bits per heavy atom. The Morgan fingerprint density at radius 3 is 2.85 bits per heavy atom. The lowest BCUT2D eigenvalue weighted by Crippen LogP contribution is -2.46. The molecule has 1 fully saturated rings. The second kappa shape index (κ2) is 8.64. The third kappa shape index (κ3) is 4.30. The summed E-state index contributed by atoms with van der Waals surface area (Å²) >= 11 is 0. The van der Waals surface area contributed by atoms with E-state index in [-0.39, 0.29) is 5.91 Å². The highest BCUT2D eigenvalue weighted by molar-refractivity contribution is 5.80. The van der Waals surface area contributed by atoms with Gasteiger partial charge in [-0.2, -0.15) is 0 Å². The molecule has 1 saturated heterocycles. The zero-order valence-electron chi connectivity index (χ0n) is 15.5. The van der Waals surface area contributed by atoms with E-state index in [0.29, 0.717) is 18.9 Å². The van der Waals surface area contributed by atoms with Crippen LogP contribution < -0.4 is 10.6 Å². The summed E-state index contributed by atoms with van der Waals surface area (Å²) in [4.78, 5) is 18.6. The van der Waals surface area contributed by atoms with Gasteiger partial charge in [0, 0.05) is 39.3 Å². The molecule has 3 heterocycles. The van der Waals surface area contributed by atoms with Gasteiger partial charge in [0.2, 0.25) is 5.91 Å². The number of carbonyl (C=O) groups excluding carboxylic acids is 1. The van der Waals surface area contributed by atoms with E-state index in [9.17, 15) is 4.79 Å². The van der Waals surface area contributed by atoms with Crippen molar-refractivity contribution in [2.45, 2.75) is 32.7 Å². The first kappa shape index (κ1) is 18.2. The second-order valence-corrected chi connectivity index (χ2v) is 6.52. The van der Waals surface area contributed by atoms with Crippen LogP contribution in [0, 0.1) is 5.92 Å². The zero-order valence-corrected chi connectivity index (χ0v) is 15.5. The smallest absolute Gasteiger partial charge is 0.220 e. The molecule has 0 aromatic carbocycles. The van der Waals surface area contributed by atoms with Gasteiger partial charge in [0.25, 0.3) is 0 Å². The van der Waals surface area contributed by atoms with Crippen molar-refractivity contribution in [2.75, 3.05) is 26.7 Å². The number of aromatic nitrogens is 3. The zero-order chi connectivity index (χ0) is 18.4. The molecule has 2 aromatic rings. The van der Waals surface area contributed by atoms with Crippen LogP contribution in [0.15, 0.2) is 29.4 Å². The summed E-state index contributed by atoms with van der Waals surface area (Å²) < 4.78 is 1.96. The van der Waals surface area contributed by atoms with Crippen LogP contribution in [0.25, 0.3) is 5.65 Å². The van der Waals surface area contributed by atoms with Gasteiger partial charge in [-0.3, -0.25) is 9.20 Å². The Bertz CT molecular complexity index is 762. The predicted molar refractivity (Wildman–Crippen MR) is 101 cm³/mol. The fourth-order valence-corrected chi connectivity index (χ4v) is 3.28. The fraction of sp³-hybridized carbons (Fsp3) is 0.556. The lowest BCUT2D eigenvalue weighted by Gasteiger charge is -2.34. The summed E-state index contributed by atoms with van der Waals surface area (Å²) in [5, 5.41) is 14.5. The van der Waals surface area contributed by atoms with Crippen molar-refractivity contribution in [3.63, 3.8) is 0 Å². The van der Waals surface area contributed by atoms with Gasteiger partial charge >= 0.3 is 0 Å². The number of amides is 1. The van der Waals surface area contributed by atoms with E-state index >= 15 is 0 Å². The number of hydrogen-bond acceptors (Lipinski definition) is 4. The predicted octanol–water partition coefficient (Wildman–Crippen LogP) is 1.04. The number of nitrogens with one attached hydrogen (secondary N) is 2. The van der Waals surface area contributed by atoms with Gasteiger partial charge in [0.1, 0.15) is 6.54 Å². The van der Waals surface area contributed by atoms with Gasteiger partial charge in [0.05, 0.1) is 0 Å². The van der Waals surface area contributed by atoms with Gasteiger partial charge in [-0.05, 0) is 37.8 Å². The van der Waals surface area contributed by atoms with Crippen molar-refractivity contribution >= 4 is 17.5 Å². The minimum absolute atomic E-state index is 0.128. The van der Waals surface area contributed by atoms with Crippen LogP contribution in [-0.4, -0.2) is 58.0 Å². The molecule has 0 atom stereocenters. The number of carbonyl (C=O) groups is 1. The Hall–Kier alpha value is -2.64. The molecule has 2 N–H and O–H groups in total. The molecule has 0 bridgehead atoms. The molecule has 26 heavy (non-hydrogen) atoms. The Kier molecular flexibility index (Phi) is 6.04. The number of likely N-dealkylation sites (tertiary alicyclic amines) is 1. The molecule has 0 spiro atoms. The van der Waals surface area contributed by atoms with Crippen LogP contribution in [0.5, 0.6) is 0 Å². The van der Waals surface area contributed by atoms with Crippen molar-refractivity contribution in [3.8, 4) is 0 Å². The lowest BCUT2D eigenvalue weighted by molar-refractivity contribution is -0.121. The summed E-state index contributed by atoms with van der Waals surface area (Å²) in [6.07, 6.45) is 4.58. The van der Waals surface area contributed by atoms with Crippen molar-refractivity contribution in [1.82, 2.24) is 30.1 Å². The molecule has 2 aromatic heterocycles. The molecule has 8 heteroatoms. The van der Waals surface area contributed by atoms with Crippen LogP contribution in [0.1, 0.15) is 32.0 Å². The second-order valence-electron chi connectivity index (χ2n) is 6.52. The van der Waals surface area contributed by atoms with E-state index in [2.05, 4.69) is 32.7 Å². The lowest BCUT2D eigenvalue weighted by atomic mass is 9.93. The molecule has 0 aliphatic carbocycles. The molecular formula is C18H27N7O. The first-order chi connectivity index (χ1) is 12.7. The maximum absolute atomic E-state index is 11.6. The highest BCUT2D eigenvalue weighted by atomic mass is 16.1. The summed E-state index contributed by atoms with van der Waals surface area (Å²) in [6, 6.07) is 5.85. The number of aliphatic imine (C=N–C) groups is 1. The topological polar surface area (TPSA) is 86.9 Å². The Morgan fingerprint density at radius 1 is 1.31 bits per heavy atom. The van der Waals surface area contributed by atoms with Gasteiger partial charge in [0.15, 0.2) is 17.4 Å². The number of hydrogen-bond donors (Lipinski definition) is 2. The minimum atomic E-state index is 0.128. The Labute approximate surface area is 153 Å². The number of guanidine groups is 1. The number of piperidine rings is 1. The van der Waals surface area contributed by atoms with Crippen molar-refractivity contribution < 1.29 is 4.79 Å².